The first-order valence-corrected chi connectivity index (χ1v) is 7.83. The molecule has 0 atom stereocenters. The van der Waals surface area contributed by atoms with Crippen LogP contribution in [-0.2, 0) is 0 Å². The van der Waals surface area contributed by atoms with E-state index >= 15 is 0 Å². The summed E-state index contributed by atoms with van der Waals surface area (Å²) in [7, 11) is 0. The minimum Gasteiger partial charge on any atom is -0.382 e. The third kappa shape index (κ3) is 5.17. The summed E-state index contributed by atoms with van der Waals surface area (Å²) >= 11 is 5.92. The highest BCUT2D eigenvalue weighted by atomic mass is 35.5. The van der Waals surface area contributed by atoms with Crippen LogP contribution >= 0.6 is 11.6 Å². The monoisotopic (exact) mass is 312 g/mol. The number of pyridine rings is 1. The fourth-order valence-corrected chi connectivity index (χ4v) is 2.34. The van der Waals surface area contributed by atoms with Gasteiger partial charge in [-0.25, -0.2) is 4.98 Å². The van der Waals surface area contributed by atoms with Crippen LogP contribution in [0.5, 0.6) is 0 Å². The third-order valence-corrected chi connectivity index (χ3v) is 3.89. The van der Waals surface area contributed by atoms with Crippen LogP contribution in [0.4, 0.5) is 5.82 Å². The molecule has 2 N–H and O–H groups in total. The molecule has 6 heteroatoms. The molecule has 21 heavy (non-hydrogen) atoms. The van der Waals surface area contributed by atoms with E-state index < -0.39 is 0 Å². The number of nitrogen functional groups attached to an aromatic ring is 1. The molecule has 0 unspecified atom stereocenters. The Hall–Kier alpha value is -1.33. The zero-order valence-electron chi connectivity index (χ0n) is 13.1. The predicted molar refractivity (Wildman–Crippen MR) is 87.6 cm³/mol. The molecule has 5 nitrogen and oxygen atoms in total. The van der Waals surface area contributed by atoms with E-state index in [1.807, 2.05) is 11.8 Å². The van der Waals surface area contributed by atoms with Crippen molar-refractivity contribution in [1.82, 2.24) is 14.8 Å². The first kappa shape index (κ1) is 17.7. The molecule has 0 radical (unpaired) electrons. The standard InChI is InChI=1S/C15H25ClN4O/c1-4-19(5-2)8-7-9-20(6-3)15(21)12-10-13(16)14(17)18-11-12/h10-11H,4-9H2,1-3H3,(H2,17,18). The van der Waals surface area contributed by atoms with Crippen LogP contribution in [0.1, 0.15) is 37.6 Å². The van der Waals surface area contributed by atoms with Gasteiger partial charge in [-0.3, -0.25) is 4.79 Å². The lowest BCUT2D eigenvalue weighted by molar-refractivity contribution is 0.0757. The molecule has 118 valence electrons. The summed E-state index contributed by atoms with van der Waals surface area (Å²) in [5, 5.41) is 0.319. The number of hydrogen-bond acceptors (Lipinski definition) is 4. The van der Waals surface area contributed by atoms with Crippen molar-refractivity contribution in [2.45, 2.75) is 27.2 Å². The number of nitrogens with two attached hydrogens (primary N) is 1. The molecule has 0 saturated carbocycles. The molecule has 0 aromatic carbocycles. The van der Waals surface area contributed by atoms with Crippen LogP contribution in [0.3, 0.4) is 0 Å². The van der Waals surface area contributed by atoms with Gasteiger partial charge >= 0.3 is 0 Å². The quantitative estimate of drug-likeness (QED) is 0.801. The number of carbonyl (C=O) groups is 1. The van der Waals surface area contributed by atoms with Crippen molar-refractivity contribution in [2.75, 3.05) is 38.5 Å². The summed E-state index contributed by atoms with van der Waals surface area (Å²) in [5.41, 5.74) is 6.05. The number of halogens is 1. The van der Waals surface area contributed by atoms with Gasteiger partial charge in [0.2, 0.25) is 0 Å². The Morgan fingerprint density at radius 2 is 1.90 bits per heavy atom. The van der Waals surface area contributed by atoms with E-state index in [0.717, 1.165) is 32.6 Å². The van der Waals surface area contributed by atoms with Crippen LogP contribution in [0, 0.1) is 0 Å². The van der Waals surface area contributed by atoms with Gasteiger partial charge < -0.3 is 15.5 Å². The molecule has 0 fully saturated rings. The van der Waals surface area contributed by atoms with Gasteiger partial charge in [0.05, 0.1) is 10.6 Å². The topological polar surface area (TPSA) is 62.5 Å². The molecule has 0 aliphatic rings. The van der Waals surface area contributed by atoms with Crippen molar-refractivity contribution in [1.29, 1.82) is 0 Å². The van der Waals surface area contributed by atoms with E-state index in [1.54, 1.807) is 6.07 Å². The average Bonchev–Trinajstić information content (AvgIpc) is 2.50. The van der Waals surface area contributed by atoms with Crippen molar-refractivity contribution < 1.29 is 4.79 Å². The molecule has 1 heterocycles. The number of nitrogens with zero attached hydrogens (tertiary/aromatic N) is 3. The lowest BCUT2D eigenvalue weighted by Gasteiger charge is -2.23. The second kappa shape index (κ2) is 8.85. The van der Waals surface area contributed by atoms with Crippen molar-refractivity contribution in [3.63, 3.8) is 0 Å². The molecule has 0 aliphatic heterocycles. The summed E-state index contributed by atoms with van der Waals surface area (Å²) in [6.45, 7) is 10.7. The largest absolute Gasteiger partial charge is 0.382 e. The van der Waals surface area contributed by atoms with Gasteiger partial charge in [-0.05, 0) is 39.0 Å². The van der Waals surface area contributed by atoms with E-state index in [9.17, 15) is 4.79 Å². The van der Waals surface area contributed by atoms with Gasteiger partial charge in [0.1, 0.15) is 5.82 Å². The SMILES string of the molecule is CCN(CC)CCCN(CC)C(=O)c1cnc(N)c(Cl)c1. The van der Waals surface area contributed by atoms with E-state index in [2.05, 4.69) is 23.7 Å². The van der Waals surface area contributed by atoms with Crippen LogP contribution in [0.2, 0.25) is 5.02 Å². The third-order valence-electron chi connectivity index (χ3n) is 3.58. The van der Waals surface area contributed by atoms with Crippen LogP contribution in [-0.4, -0.2) is 53.4 Å². The van der Waals surface area contributed by atoms with Crippen LogP contribution < -0.4 is 5.73 Å². The maximum absolute atomic E-state index is 12.4. The van der Waals surface area contributed by atoms with Gasteiger partial charge in [0, 0.05) is 19.3 Å². The Balaban J connectivity index is 2.62. The molecular weight excluding hydrogens is 288 g/mol. The highest BCUT2D eigenvalue weighted by Gasteiger charge is 2.15. The Morgan fingerprint density at radius 3 is 2.43 bits per heavy atom. The molecule has 0 aliphatic carbocycles. The average molecular weight is 313 g/mol. The molecular formula is C15H25ClN4O. The minimum absolute atomic E-state index is 0.0496. The number of hydrogen-bond donors (Lipinski definition) is 1. The maximum Gasteiger partial charge on any atom is 0.255 e. The fourth-order valence-electron chi connectivity index (χ4n) is 2.18. The number of aromatic nitrogens is 1. The van der Waals surface area contributed by atoms with Gasteiger partial charge in [0.25, 0.3) is 5.91 Å². The Labute approximate surface area is 132 Å². The van der Waals surface area contributed by atoms with E-state index in [0.29, 0.717) is 17.1 Å². The molecule has 1 amide bonds. The lowest BCUT2D eigenvalue weighted by Crippen LogP contribution is -2.34. The predicted octanol–water partition coefficient (Wildman–Crippen LogP) is 2.51. The van der Waals surface area contributed by atoms with Crippen molar-refractivity contribution in [2.24, 2.45) is 0 Å². The molecule has 0 bridgehead atoms. The van der Waals surface area contributed by atoms with Gasteiger partial charge in [-0.15, -0.1) is 0 Å². The zero-order chi connectivity index (χ0) is 15.8. The maximum atomic E-state index is 12.4. The van der Waals surface area contributed by atoms with Crippen molar-refractivity contribution >= 4 is 23.3 Å². The Bertz CT molecular complexity index is 463. The zero-order valence-corrected chi connectivity index (χ0v) is 13.9. The van der Waals surface area contributed by atoms with Crippen molar-refractivity contribution in [3.8, 4) is 0 Å². The minimum atomic E-state index is -0.0496. The first-order chi connectivity index (χ1) is 10.0. The van der Waals surface area contributed by atoms with Gasteiger partial charge in [-0.1, -0.05) is 25.4 Å². The summed E-state index contributed by atoms with van der Waals surface area (Å²) in [4.78, 5) is 20.5. The van der Waals surface area contributed by atoms with E-state index in [4.69, 9.17) is 17.3 Å². The van der Waals surface area contributed by atoms with Crippen LogP contribution in [0.25, 0.3) is 0 Å². The number of rotatable bonds is 8. The highest BCUT2D eigenvalue weighted by molar-refractivity contribution is 6.33. The number of carbonyl (C=O) groups excluding carboxylic acids is 1. The normalized spacial score (nSPS) is 10.9. The lowest BCUT2D eigenvalue weighted by atomic mass is 10.2. The second-order valence-corrected chi connectivity index (χ2v) is 5.26. The number of anilines is 1. The van der Waals surface area contributed by atoms with E-state index in [-0.39, 0.29) is 11.7 Å². The van der Waals surface area contributed by atoms with E-state index in [1.165, 1.54) is 6.20 Å². The first-order valence-electron chi connectivity index (χ1n) is 7.46. The molecule has 0 saturated heterocycles. The fraction of sp³-hybridized carbons (Fsp3) is 0.600. The summed E-state index contributed by atoms with van der Waals surface area (Å²) in [6.07, 6.45) is 2.44. The smallest absolute Gasteiger partial charge is 0.255 e. The van der Waals surface area contributed by atoms with Gasteiger partial charge in [0.15, 0.2) is 0 Å². The highest BCUT2D eigenvalue weighted by Crippen LogP contribution is 2.17. The second-order valence-electron chi connectivity index (χ2n) is 4.86. The summed E-state index contributed by atoms with van der Waals surface area (Å²) in [6, 6.07) is 1.58. The van der Waals surface area contributed by atoms with Crippen molar-refractivity contribution in [3.05, 3.63) is 22.8 Å². The Kier molecular flexibility index (Phi) is 7.47. The Morgan fingerprint density at radius 1 is 1.24 bits per heavy atom. The molecule has 0 spiro atoms. The number of amides is 1. The summed E-state index contributed by atoms with van der Waals surface area (Å²) in [5.74, 6) is 0.198. The van der Waals surface area contributed by atoms with Gasteiger partial charge in [-0.2, -0.15) is 0 Å². The van der Waals surface area contributed by atoms with Crippen LogP contribution in [0.15, 0.2) is 12.3 Å². The molecule has 1 aromatic heterocycles. The summed E-state index contributed by atoms with van der Waals surface area (Å²) < 4.78 is 0. The molecule has 1 rings (SSSR count). The molecule has 1 aromatic rings.